The third-order valence-electron chi connectivity index (χ3n) is 7.77. The Morgan fingerprint density at radius 1 is 0.886 bits per heavy atom. The number of hydrogen-bond acceptors (Lipinski definition) is 4. The monoisotopic (exact) mass is 697 g/mol. The largest absolute Gasteiger partial charge is 0.352 e. The molecule has 3 aromatic carbocycles. The van der Waals surface area contributed by atoms with E-state index in [0.29, 0.717) is 22.0 Å². The first kappa shape index (κ1) is 34.4. The fraction of sp³-hybridized carbons (Fsp3) is 0.375. The van der Waals surface area contributed by atoms with Gasteiger partial charge in [0.15, 0.2) is 0 Å². The summed E-state index contributed by atoms with van der Waals surface area (Å²) in [5.74, 6) is -0.885. The smallest absolute Gasteiger partial charge is 0.264 e. The first-order valence-corrected chi connectivity index (χ1v) is 17.4. The molecular formula is C32H35Cl4N3O4S. The average Bonchev–Trinajstić information content (AvgIpc) is 2.99. The van der Waals surface area contributed by atoms with E-state index in [1.54, 1.807) is 30.3 Å². The molecule has 0 unspecified atom stereocenters. The highest BCUT2D eigenvalue weighted by atomic mass is 35.5. The maximum Gasteiger partial charge on any atom is 0.264 e. The van der Waals surface area contributed by atoms with Gasteiger partial charge in [-0.25, -0.2) is 8.42 Å². The molecule has 3 aromatic rings. The van der Waals surface area contributed by atoms with Crippen LogP contribution in [-0.4, -0.2) is 43.8 Å². The van der Waals surface area contributed by atoms with Crippen molar-refractivity contribution in [3.63, 3.8) is 0 Å². The first-order valence-electron chi connectivity index (χ1n) is 14.5. The lowest BCUT2D eigenvalue weighted by atomic mass is 9.95. The average molecular weight is 700 g/mol. The number of sulfonamides is 1. The number of benzene rings is 3. The summed E-state index contributed by atoms with van der Waals surface area (Å²) in [4.78, 5) is 29.4. The number of amides is 2. The Hall–Kier alpha value is -2.49. The third-order valence-corrected chi connectivity index (χ3v) is 10.9. The number of nitrogens with zero attached hydrogens (tertiary/aromatic N) is 2. The Labute approximate surface area is 279 Å². The van der Waals surface area contributed by atoms with Crippen molar-refractivity contribution in [3.8, 4) is 0 Å². The van der Waals surface area contributed by atoms with Crippen molar-refractivity contribution in [1.29, 1.82) is 0 Å². The van der Waals surface area contributed by atoms with Crippen LogP contribution >= 0.6 is 46.4 Å². The predicted molar refractivity (Wildman–Crippen MR) is 178 cm³/mol. The van der Waals surface area contributed by atoms with Crippen LogP contribution in [0.3, 0.4) is 0 Å². The SMILES string of the molecule is CC[C@@H](C(=O)NC1CCCCC1)N(Cc1ccc(Cl)cc1Cl)C(=O)CN(c1ccc(Cl)c(Cl)c1)S(=O)(=O)c1ccc(C)cc1. The van der Waals surface area contributed by atoms with Gasteiger partial charge in [-0.05, 0) is 74.2 Å². The third kappa shape index (κ3) is 8.40. The maximum atomic E-state index is 14.3. The minimum atomic E-state index is -4.25. The zero-order valence-corrected chi connectivity index (χ0v) is 28.4. The van der Waals surface area contributed by atoms with Crippen LogP contribution in [0, 0.1) is 6.92 Å². The summed E-state index contributed by atoms with van der Waals surface area (Å²) in [6, 6.07) is 14.7. The summed E-state index contributed by atoms with van der Waals surface area (Å²) < 4.78 is 29.1. The summed E-state index contributed by atoms with van der Waals surface area (Å²) in [5.41, 5.74) is 1.59. The van der Waals surface area contributed by atoms with E-state index in [1.807, 2.05) is 13.8 Å². The van der Waals surface area contributed by atoms with E-state index < -0.39 is 28.5 Å². The lowest BCUT2D eigenvalue weighted by Crippen LogP contribution is -2.54. The standard InChI is InChI=1S/C32H35Cl4N3O4S/c1-3-30(32(41)37-24-7-5-4-6-8-24)38(19-22-11-12-23(33)17-28(22)35)31(40)20-39(25-13-16-27(34)29(36)18-25)44(42,43)26-14-9-21(2)10-15-26/h9-18,24,30H,3-8,19-20H2,1-2H3,(H,37,41)/t30-/m0/s1. The quantitative estimate of drug-likeness (QED) is 0.220. The van der Waals surface area contributed by atoms with Gasteiger partial charge in [0.25, 0.3) is 10.0 Å². The first-order chi connectivity index (χ1) is 20.9. The Morgan fingerprint density at radius 3 is 2.18 bits per heavy atom. The second-order valence-corrected chi connectivity index (χ2v) is 14.5. The Morgan fingerprint density at radius 2 is 1.57 bits per heavy atom. The molecule has 44 heavy (non-hydrogen) atoms. The molecule has 7 nitrogen and oxygen atoms in total. The van der Waals surface area contributed by atoms with Gasteiger partial charge in [0.05, 0.1) is 20.6 Å². The molecule has 1 fully saturated rings. The number of anilines is 1. The molecule has 0 bridgehead atoms. The Kier molecular flexibility index (Phi) is 11.9. The highest BCUT2D eigenvalue weighted by Gasteiger charge is 2.35. The van der Waals surface area contributed by atoms with Crippen molar-refractivity contribution in [2.75, 3.05) is 10.8 Å². The van der Waals surface area contributed by atoms with Crippen LogP contribution in [0.4, 0.5) is 5.69 Å². The number of nitrogens with one attached hydrogen (secondary N) is 1. The normalized spacial score (nSPS) is 14.6. The van der Waals surface area contributed by atoms with Crippen LogP contribution in [0.2, 0.25) is 20.1 Å². The van der Waals surface area contributed by atoms with Crippen molar-refractivity contribution < 1.29 is 18.0 Å². The lowest BCUT2D eigenvalue weighted by Gasteiger charge is -2.34. The fourth-order valence-electron chi connectivity index (χ4n) is 5.30. The molecule has 0 saturated heterocycles. The van der Waals surface area contributed by atoms with E-state index in [-0.39, 0.29) is 39.1 Å². The second-order valence-electron chi connectivity index (χ2n) is 10.9. The van der Waals surface area contributed by atoms with E-state index in [2.05, 4.69) is 5.32 Å². The molecule has 1 N–H and O–H groups in total. The number of aryl methyl sites for hydroxylation is 1. The van der Waals surface area contributed by atoms with Gasteiger partial charge in [0.2, 0.25) is 11.8 Å². The topological polar surface area (TPSA) is 86.8 Å². The Bertz CT molecular complexity index is 1600. The van der Waals surface area contributed by atoms with E-state index in [4.69, 9.17) is 46.4 Å². The van der Waals surface area contributed by atoms with Gasteiger partial charge in [0.1, 0.15) is 12.6 Å². The molecule has 0 heterocycles. The molecule has 12 heteroatoms. The summed E-state index contributed by atoms with van der Waals surface area (Å²) in [6.07, 6.45) is 5.23. The minimum Gasteiger partial charge on any atom is -0.352 e. The van der Waals surface area contributed by atoms with E-state index in [0.717, 1.165) is 42.0 Å². The van der Waals surface area contributed by atoms with Crippen molar-refractivity contribution in [3.05, 3.63) is 91.9 Å². The highest BCUT2D eigenvalue weighted by molar-refractivity contribution is 7.92. The Balaban J connectivity index is 1.74. The summed E-state index contributed by atoms with van der Waals surface area (Å²) >= 11 is 25.1. The zero-order valence-electron chi connectivity index (χ0n) is 24.5. The number of halogens is 4. The van der Waals surface area contributed by atoms with E-state index in [1.165, 1.54) is 35.2 Å². The van der Waals surface area contributed by atoms with Gasteiger partial charge in [-0.1, -0.05) is 96.4 Å². The molecule has 0 aliphatic heterocycles. The van der Waals surface area contributed by atoms with Crippen LogP contribution in [0.1, 0.15) is 56.6 Å². The molecule has 0 aromatic heterocycles. The highest BCUT2D eigenvalue weighted by Crippen LogP contribution is 2.31. The molecule has 1 aliphatic carbocycles. The second kappa shape index (κ2) is 15.2. The summed E-state index contributed by atoms with van der Waals surface area (Å²) in [5, 5.41) is 4.24. The molecule has 2 amide bonds. The molecule has 0 radical (unpaired) electrons. The van der Waals surface area contributed by atoms with Crippen molar-refractivity contribution in [2.45, 2.75) is 75.9 Å². The lowest BCUT2D eigenvalue weighted by molar-refractivity contribution is -0.140. The maximum absolute atomic E-state index is 14.3. The molecule has 1 aliphatic rings. The number of carbonyl (C=O) groups excluding carboxylic acids is 2. The number of rotatable bonds is 11. The van der Waals surface area contributed by atoms with Gasteiger partial charge in [-0.3, -0.25) is 13.9 Å². The van der Waals surface area contributed by atoms with Crippen molar-refractivity contribution in [2.24, 2.45) is 0 Å². The van der Waals surface area contributed by atoms with Crippen LogP contribution in [0.5, 0.6) is 0 Å². The minimum absolute atomic E-state index is 0.00338. The van der Waals surface area contributed by atoms with Crippen molar-refractivity contribution in [1.82, 2.24) is 10.2 Å². The molecular weight excluding hydrogens is 664 g/mol. The zero-order chi connectivity index (χ0) is 32.0. The summed E-state index contributed by atoms with van der Waals surface area (Å²) in [6.45, 7) is 3.02. The fourth-order valence-corrected chi connectivity index (χ4v) is 7.47. The van der Waals surface area contributed by atoms with Crippen molar-refractivity contribution >= 4 is 73.9 Å². The molecule has 4 rings (SSSR count). The molecule has 0 spiro atoms. The number of hydrogen-bond donors (Lipinski definition) is 1. The predicted octanol–water partition coefficient (Wildman–Crippen LogP) is 8.06. The van der Waals surface area contributed by atoms with Gasteiger partial charge in [-0.2, -0.15) is 0 Å². The van der Waals surface area contributed by atoms with Gasteiger partial charge in [0, 0.05) is 22.6 Å². The van der Waals surface area contributed by atoms with E-state index in [9.17, 15) is 18.0 Å². The molecule has 236 valence electrons. The molecule has 1 atom stereocenters. The molecule has 1 saturated carbocycles. The van der Waals surface area contributed by atoms with Gasteiger partial charge in [-0.15, -0.1) is 0 Å². The van der Waals surface area contributed by atoms with Crippen LogP contribution in [0.15, 0.2) is 65.6 Å². The number of carbonyl (C=O) groups is 2. The van der Waals surface area contributed by atoms with E-state index >= 15 is 0 Å². The summed E-state index contributed by atoms with van der Waals surface area (Å²) in [7, 11) is -4.25. The van der Waals surface area contributed by atoms with Crippen LogP contribution in [0.25, 0.3) is 0 Å². The van der Waals surface area contributed by atoms with Crippen LogP contribution in [-0.2, 0) is 26.2 Å². The van der Waals surface area contributed by atoms with Gasteiger partial charge < -0.3 is 10.2 Å². The van der Waals surface area contributed by atoms with Gasteiger partial charge >= 0.3 is 0 Å². The van der Waals surface area contributed by atoms with Crippen LogP contribution < -0.4 is 9.62 Å².